The molecule has 2 heterocycles. The quantitative estimate of drug-likeness (QED) is 0.746. The van der Waals surface area contributed by atoms with E-state index in [1.165, 1.54) is 11.3 Å². The molecule has 1 aromatic heterocycles. The van der Waals surface area contributed by atoms with Gasteiger partial charge in [0.1, 0.15) is 5.75 Å². The number of rotatable bonds is 7. The van der Waals surface area contributed by atoms with E-state index in [4.69, 9.17) is 9.47 Å². The van der Waals surface area contributed by atoms with E-state index < -0.39 is 0 Å². The summed E-state index contributed by atoms with van der Waals surface area (Å²) >= 11 is 1.53. The Morgan fingerprint density at radius 1 is 1.40 bits per heavy atom. The molecule has 1 saturated heterocycles. The van der Waals surface area contributed by atoms with Crippen LogP contribution in [0.2, 0.25) is 0 Å². The van der Waals surface area contributed by atoms with Crippen LogP contribution in [0.1, 0.15) is 40.6 Å². The van der Waals surface area contributed by atoms with E-state index in [1.807, 2.05) is 40.6 Å². The Hall–Kier alpha value is -1.85. The lowest BCUT2D eigenvalue weighted by Crippen LogP contribution is -2.37. The van der Waals surface area contributed by atoms with Gasteiger partial charge in [0.25, 0.3) is 5.91 Å². The predicted molar refractivity (Wildman–Crippen MR) is 100 cm³/mol. The number of hydrogen-bond donors (Lipinski definition) is 0. The van der Waals surface area contributed by atoms with Crippen LogP contribution in [0.25, 0.3) is 0 Å². The summed E-state index contributed by atoms with van der Waals surface area (Å²) < 4.78 is 11.1. The maximum atomic E-state index is 13.2. The van der Waals surface area contributed by atoms with Crippen molar-refractivity contribution in [2.24, 2.45) is 0 Å². The topological polar surface area (TPSA) is 38.8 Å². The maximum Gasteiger partial charge on any atom is 0.264 e. The van der Waals surface area contributed by atoms with Crippen molar-refractivity contribution in [2.75, 3.05) is 20.3 Å². The molecule has 5 heteroatoms. The molecule has 1 aliphatic rings. The molecule has 0 bridgehead atoms. The zero-order chi connectivity index (χ0) is 17.6. The van der Waals surface area contributed by atoms with Crippen LogP contribution in [-0.4, -0.2) is 37.2 Å². The highest BCUT2D eigenvalue weighted by atomic mass is 32.1. The lowest BCUT2D eigenvalue weighted by Gasteiger charge is -2.26. The van der Waals surface area contributed by atoms with Crippen molar-refractivity contribution in [3.8, 4) is 5.75 Å². The van der Waals surface area contributed by atoms with Crippen LogP contribution in [0.15, 0.2) is 35.7 Å². The molecule has 0 N–H and O–H groups in total. The first-order chi connectivity index (χ1) is 12.2. The zero-order valence-electron chi connectivity index (χ0n) is 14.9. The average molecular weight is 359 g/mol. The van der Waals surface area contributed by atoms with Gasteiger partial charge in [0.2, 0.25) is 0 Å². The van der Waals surface area contributed by atoms with Crippen molar-refractivity contribution < 1.29 is 14.3 Å². The fourth-order valence-electron chi connectivity index (χ4n) is 3.19. The standard InChI is InChI=1S/C20H25NO3S/c1-3-16-9-11-25-19(16)20(22)21(14-18-8-5-10-24-18)13-15-6-4-7-17(12-15)23-2/h4,6-7,9,11-12,18H,3,5,8,10,13-14H2,1-2H3. The van der Waals surface area contributed by atoms with Crippen LogP contribution in [-0.2, 0) is 17.7 Å². The van der Waals surface area contributed by atoms with Crippen LogP contribution in [0.4, 0.5) is 0 Å². The third-order valence-electron chi connectivity index (χ3n) is 4.56. The molecular formula is C20H25NO3S. The number of amides is 1. The minimum absolute atomic E-state index is 0.102. The molecule has 134 valence electrons. The Kier molecular flexibility index (Phi) is 6.10. The van der Waals surface area contributed by atoms with E-state index in [1.54, 1.807) is 7.11 Å². The lowest BCUT2D eigenvalue weighted by molar-refractivity contribution is 0.0510. The second-order valence-electron chi connectivity index (χ2n) is 6.30. The Bertz CT molecular complexity index is 706. The molecular weight excluding hydrogens is 334 g/mol. The molecule has 4 nitrogen and oxygen atoms in total. The van der Waals surface area contributed by atoms with Gasteiger partial charge in [0.05, 0.1) is 18.1 Å². The molecule has 0 aliphatic carbocycles. The Labute approximate surface area is 153 Å². The number of benzene rings is 1. The molecule has 2 aromatic rings. The van der Waals surface area contributed by atoms with Crippen molar-refractivity contribution >= 4 is 17.2 Å². The number of thiophene rings is 1. The SMILES string of the molecule is CCc1ccsc1C(=O)N(Cc1cccc(OC)c1)CC1CCCO1. The summed E-state index contributed by atoms with van der Waals surface area (Å²) in [5.41, 5.74) is 2.19. The normalized spacial score (nSPS) is 16.8. The van der Waals surface area contributed by atoms with Crippen LogP contribution in [0, 0.1) is 0 Å². The highest BCUT2D eigenvalue weighted by Gasteiger charge is 2.25. The second kappa shape index (κ2) is 8.50. The van der Waals surface area contributed by atoms with Gasteiger partial charge in [-0.15, -0.1) is 11.3 Å². The number of hydrogen-bond acceptors (Lipinski definition) is 4. The monoisotopic (exact) mass is 359 g/mol. The Balaban J connectivity index is 1.82. The fraction of sp³-hybridized carbons (Fsp3) is 0.450. The summed E-state index contributed by atoms with van der Waals surface area (Å²) in [5, 5.41) is 2.00. The highest BCUT2D eigenvalue weighted by molar-refractivity contribution is 7.12. The average Bonchev–Trinajstić information content (AvgIpc) is 3.32. The smallest absolute Gasteiger partial charge is 0.264 e. The first-order valence-corrected chi connectivity index (χ1v) is 9.69. The zero-order valence-corrected chi connectivity index (χ0v) is 15.7. The van der Waals surface area contributed by atoms with Gasteiger partial charge >= 0.3 is 0 Å². The minimum atomic E-state index is 0.102. The number of carbonyl (C=O) groups is 1. The first-order valence-electron chi connectivity index (χ1n) is 8.81. The Morgan fingerprint density at radius 3 is 3.00 bits per heavy atom. The van der Waals surface area contributed by atoms with Crippen molar-refractivity contribution in [1.29, 1.82) is 0 Å². The van der Waals surface area contributed by atoms with E-state index in [2.05, 4.69) is 6.92 Å². The lowest BCUT2D eigenvalue weighted by atomic mass is 10.1. The molecule has 0 spiro atoms. The van der Waals surface area contributed by atoms with Crippen molar-refractivity contribution in [1.82, 2.24) is 4.90 Å². The van der Waals surface area contributed by atoms with E-state index >= 15 is 0 Å². The van der Waals surface area contributed by atoms with Crippen LogP contribution in [0.5, 0.6) is 5.75 Å². The van der Waals surface area contributed by atoms with E-state index in [9.17, 15) is 4.79 Å². The van der Waals surface area contributed by atoms with Gasteiger partial charge in [-0.1, -0.05) is 19.1 Å². The summed E-state index contributed by atoms with van der Waals surface area (Å²) in [5.74, 6) is 0.914. The summed E-state index contributed by atoms with van der Waals surface area (Å²) in [6.45, 7) is 4.09. The van der Waals surface area contributed by atoms with Crippen LogP contribution >= 0.6 is 11.3 Å². The molecule has 0 radical (unpaired) electrons. The number of ether oxygens (including phenoxy) is 2. The Morgan fingerprint density at radius 2 is 2.28 bits per heavy atom. The van der Waals surface area contributed by atoms with Gasteiger partial charge < -0.3 is 14.4 Å². The number of nitrogens with zero attached hydrogens (tertiary/aromatic N) is 1. The van der Waals surface area contributed by atoms with Gasteiger partial charge in [-0.3, -0.25) is 4.79 Å². The number of methoxy groups -OCH3 is 1. The van der Waals surface area contributed by atoms with E-state index in [0.717, 1.165) is 47.6 Å². The maximum absolute atomic E-state index is 13.2. The highest BCUT2D eigenvalue weighted by Crippen LogP contribution is 2.23. The first kappa shape index (κ1) is 18.0. The largest absolute Gasteiger partial charge is 0.497 e. The number of carbonyl (C=O) groups excluding carboxylic acids is 1. The van der Waals surface area contributed by atoms with Gasteiger partial charge in [-0.25, -0.2) is 0 Å². The third kappa shape index (κ3) is 4.41. The fourth-order valence-corrected chi connectivity index (χ4v) is 4.15. The molecule has 0 saturated carbocycles. The molecule has 25 heavy (non-hydrogen) atoms. The van der Waals surface area contributed by atoms with Crippen molar-refractivity contribution in [2.45, 2.75) is 38.8 Å². The van der Waals surface area contributed by atoms with Gasteiger partial charge in [0, 0.05) is 19.7 Å². The molecule has 1 amide bonds. The van der Waals surface area contributed by atoms with Crippen molar-refractivity contribution in [3.63, 3.8) is 0 Å². The van der Waals surface area contributed by atoms with Gasteiger partial charge in [-0.2, -0.15) is 0 Å². The molecule has 1 fully saturated rings. The second-order valence-corrected chi connectivity index (χ2v) is 7.22. The molecule has 1 aromatic carbocycles. The minimum Gasteiger partial charge on any atom is -0.497 e. The molecule has 1 unspecified atom stereocenters. The summed E-state index contributed by atoms with van der Waals surface area (Å²) in [6, 6.07) is 9.96. The predicted octanol–water partition coefficient (Wildman–Crippen LogP) is 4.14. The molecule has 1 aliphatic heterocycles. The summed E-state index contributed by atoms with van der Waals surface area (Å²) in [6.07, 6.45) is 3.11. The van der Waals surface area contributed by atoms with Gasteiger partial charge in [0.15, 0.2) is 0 Å². The third-order valence-corrected chi connectivity index (χ3v) is 5.51. The summed E-state index contributed by atoms with van der Waals surface area (Å²) in [7, 11) is 1.66. The molecule has 1 atom stereocenters. The summed E-state index contributed by atoms with van der Waals surface area (Å²) in [4.78, 5) is 16.0. The molecule has 3 rings (SSSR count). The van der Waals surface area contributed by atoms with Crippen LogP contribution < -0.4 is 4.74 Å². The van der Waals surface area contributed by atoms with Gasteiger partial charge in [-0.05, 0) is 54.0 Å². The van der Waals surface area contributed by atoms with Crippen molar-refractivity contribution in [3.05, 3.63) is 51.7 Å². The van der Waals surface area contributed by atoms with E-state index in [-0.39, 0.29) is 12.0 Å². The van der Waals surface area contributed by atoms with E-state index in [0.29, 0.717) is 13.1 Å². The number of aryl methyl sites for hydroxylation is 1. The van der Waals surface area contributed by atoms with Crippen LogP contribution in [0.3, 0.4) is 0 Å².